The summed E-state index contributed by atoms with van der Waals surface area (Å²) >= 11 is 3.35. The molecule has 0 saturated carbocycles. The maximum absolute atomic E-state index is 13.5. The average molecular weight is 532 g/mol. The molecule has 0 atom stereocenters. The van der Waals surface area contributed by atoms with E-state index in [1.54, 1.807) is 30.3 Å². The minimum Gasteiger partial charge on any atom is -0.493 e. The number of carbonyl (C=O) groups excluding carboxylic acids is 1. The number of ether oxygens (including phenoxy) is 2. The van der Waals surface area contributed by atoms with Gasteiger partial charge < -0.3 is 9.47 Å². The number of hydrogen-bond acceptors (Lipinski definition) is 6. The van der Waals surface area contributed by atoms with Gasteiger partial charge in [-0.1, -0.05) is 46.3 Å². The number of sulfonamides is 1. The first kappa shape index (κ1) is 24.3. The van der Waals surface area contributed by atoms with Gasteiger partial charge in [0, 0.05) is 10.5 Å². The first-order valence-electron chi connectivity index (χ1n) is 9.72. The van der Waals surface area contributed by atoms with E-state index in [0.717, 1.165) is 14.3 Å². The van der Waals surface area contributed by atoms with Crippen LogP contribution in [0.2, 0.25) is 0 Å². The fraction of sp³-hybridized carbons (Fsp3) is 0.130. The molecule has 3 rings (SSSR count). The van der Waals surface area contributed by atoms with Crippen LogP contribution in [0.1, 0.15) is 5.56 Å². The molecule has 0 spiro atoms. The van der Waals surface area contributed by atoms with Gasteiger partial charge in [-0.05, 0) is 42.0 Å². The topological polar surface area (TPSA) is 97.3 Å². The molecule has 3 aromatic carbocycles. The van der Waals surface area contributed by atoms with Crippen molar-refractivity contribution in [3.8, 4) is 11.5 Å². The van der Waals surface area contributed by atoms with Crippen LogP contribution >= 0.6 is 15.9 Å². The number of rotatable bonds is 9. The second-order valence-electron chi connectivity index (χ2n) is 6.71. The third-order valence-corrected chi connectivity index (χ3v) is 6.85. The fourth-order valence-corrected chi connectivity index (χ4v) is 4.61. The second-order valence-corrected chi connectivity index (χ2v) is 9.49. The van der Waals surface area contributed by atoms with Gasteiger partial charge >= 0.3 is 0 Å². The molecule has 0 heterocycles. The molecule has 3 aromatic rings. The first-order valence-corrected chi connectivity index (χ1v) is 12.0. The van der Waals surface area contributed by atoms with E-state index < -0.39 is 22.5 Å². The van der Waals surface area contributed by atoms with Gasteiger partial charge in [0.25, 0.3) is 15.9 Å². The largest absolute Gasteiger partial charge is 0.493 e. The number of hydrazone groups is 1. The molecule has 10 heteroatoms. The molecule has 8 nitrogen and oxygen atoms in total. The molecule has 0 aromatic heterocycles. The van der Waals surface area contributed by atoms with Crippen LogP contribution in [0.3, 0.4) is 0 Å². The van der Waals surface area contributed by atoms with Crippen LogP contribution < -0.4 is 19.2 Å². The summed E-state index contributed by atoms with van der Waals surface area (Å²) in [6.45, 7) is -0.474. The van der Waals surface area contributed by atoms with E-state index >= 15 is 0 Å². The van der Waals surface area contributed by atoms with Gasteiger partial charge in [-0.15, -0.1) is 0 Å². The fourth-order valence-electron chi connectivity index (χ4n) is 2.91. The van der Waals surface area contributed by atoms with Crippen molar-refractivity contribution in [3.63, 3.8) is 0 Å². The highest BCUT2D eigenvalue weighted by atomic mass is 79.9. The number of hydrogen-bond donors (Lipinski definition) is 1. The summed E-state index contributed by atoms with van der Waals surface area (Å²) in [7, 11) is -1.23. The lowest BCUT2D eigenvalue weighted by Crippen LogP contribution is -2.39. The van der Waals surface area contributed by atoms with Crippen LogP contribution in [0.15, 0.2) is 87.3 Å². The lowest BCUT2D eigenvalue weighted by Gasteiger charge is -2.24. The standard InChI is InChI=1S/C23H22BrN3O5S/c1-31-21-13-12-20(14-22(21)32-2)33(29,30)27(19-6-4-3-5-7-19)16-23(28)26-25-15-17-8-10-18(24)11-9-17/h3-15H,16H2,1-2H3,(H,26,28)/b25-15-. The predicted octanol–water partition coefficient (Wildman–Crippen LogP) is 3.81. The molecule has 0 radical (unpaired) electrons. The van der Waals surface area contributed by atoms with E-state index in [1.807, 2.05) is 24.3 Å². The van der Waals surface area contributed by atoms with Gasteiger partial charge in [0.1, 0.15) is 6.54 Å². The number of para-hydroxylation sites is 1. The number of benzene rings is 3. The van der Waals surface area contributed by atoms with Gasteiger partial charge in [0.05, 0.1) is 31.0 Å². The van der Waals surface area contributed by atoms with E-state index in [1.165, 1.54) is 38.6 Å². The van der Waals surface area contributed by atoms with Crippen LogP contribution in [0, 0.1) is 0 Å². The highest BCUT2D eigenvalue weighted by molar-refractivity contribution is 9.10. The summed E-state index contributed by atoms with van der Waals surface area (Å²) in [6.07, 6.45) is 1.47. The van der Waals surface area contributed by atoms with Crippen LogP contribution in [0.25, 0.3) is 0 Å². The number of nitrogens with one attached hydrogen (secondary N) is 1. The molecule has 172 valence electrons. The zero-order chi connectivity index (χ0) is 23.8. The molecule has 0 unspecified atom stereocenters. The van der Waals surface area contributed by atoms with Crippen molar-refractivity contribution in [3.05, 3.63) is 82.8 Å². The molecule has 1 amide bonds. The molecular weight excluding hydrogens is 510 g/mol. The lowest BCUT2D eigenvalue weighted by atomic mass is 10.2. The van der Waals surface area contributed by atoms with Gasteiger partial charge in [-0.2, -0.15) is 5.10 Å². The number of amides is 1. The predicted molar refractivity (Wildman–Crippen MR) is 130 cm³/mol. The average Bonchev–Trinajstić information content (AvgIpc) is 2.83. The molecule has 0 saturated heterocycles. The number of anilines is 1. The summed E-state index contributed by atoms with van der Waals surface area (Å²) in [5.41, 5.74) is 3.49. The van der Waals surface area contributed by atoms with E-state index in [4.69, 9.17) is 9.47 Å². The van der Waals surface area contributed by atoms with Gasteiger partial charge in [0.15, 0.2) is 11.5 Å². The summed E-state index contributed by atoms with van der Waals surface area (Å²) in [5.74, 6) is 0.0501. The Labute approximate surface area is 201 Å². The van der Waals surface area contributed by atoms with Crippen LogP contribution in [0.4, 0.5) is 5.69 Å². The van der Waals surface area contributed by atoms with E-state index in [-0.39, 0.29) is 10.6 Å². The minimum absolute atomic E-state index is 0.0461. The van der Waals surface area contributed by atoms with E-state index in [9.17, 15) is 13.2 Å². The monoisotopic (exact) mass is 531 g/mol. The van der Waals surface area contributed by atoms with Gasteiger partial charge in [-0.3, -0.25) is 9.10 Å². The third kappa shape index (κ3) is 6.11. The van der Waals surface area contributed by atoms with E-state index in [2.05, 4.69) is 26.5 Å². The highest BCUT2D eigenvalue weighted by Crippen LogP contribution is 2.32. The summed E-state index contributed by atoms with van der Waals surface area (Å²) in [5, 5.41) is 3.92. The smallest absolute Gasteiger partial charge is 0.264 e. The zero-order valence-electron chi connectivity index (χ0n) is 17.9. The third-order valence-electron chi connectivity index (χ3n) is 4.55. The molecule has 0 aliphatic carbocycles. The Balaban J connectivity index is 1.86. The van der Waals surface area contributed by atoms with Gasteiger partial charge in [0.2, 0.25) is 0 Å². The maximum atomic E-state index is 13.5. The quantitative estimate of drug-likeness (QED) is 0.334. The van der Waals surface area contributed by atoms with E-state index in [0.29, 0.717) is 11.4 Å². The summed E-state index contributed by atoms with van der Waals surface area (Å²) < 4.78 is 39.3. The Hall–Kier alpha value is -3.37. The minimum atomic E-state index is -4.11. The van der Waals surface area contributed by atoms with Crippen LogP contribution in [-0.4, -0.2) is 41.3 Å². The number of halogens is 1. The normalized spacial score (nSPS) is 11.2. The Morgan fingerprint density at radius 2 is 1.67 bits per heavy atom. The van der Waals surface area contributed by atoms with Crippen molar-refractivity contribution in [2.24, 2.45) is 5.10 Å². The first-order chi connectivity index (χ1) is 15.8. The highest BCUT2D eigenvalue weighted by Gasteiger charge is 2.28. The van der Waals surface area contributed by atoms with Crippen molar-refractivity contribution in [2.75, 3.05) is 25.1 Å². The van der Waals surface area contributed by atoms with Crippen molar-refractivity contribution in [1.29, 1.82) is 0 Å². The maximum Gasteiger partial charge on any atom is 0.264 e. The summed E-state index contributed by atoms with van der Waals surface area (Å²) in [4.78, 5) is 12.5. The Morgan fingerprint density at radius 3 is 2.30 bits per heavy atom. The lowest BCUT2D eigenvalue weighted by molar-refractivity contribution is -0.119. The van der Waals surface area contributed by atoms with Crippen molar-refractivity contribution >= 4 is 43.8 Å². The number of methoxy groups -OCH3 is 2. The van der Waals surface area contributed by atoms with Gasteiger partial charge in [-0.25, -0.2) is 13.8 Å². The molecule has 0 fully saturated rings. The van der Waals surface area contributed by atoms with Crippen LogP contribution in [0.5, 0.6) is 11.5 Å². The number of nitrogens with zero attached hydrogens (tertiary/aromatic N) is 2. The van der Waals surface area contributed by atoms with Crippen molar-refractivity contribution in [2.45, 2.75) is 4.90 Å². The second kappa shape index (κ2) is 11.0. The number of carbonyl (C=O) groups is 1. The Morgan fingerprint density at radius 1 is 1.00 bits per heavy atom. The molecule has 33 heavy (non-hydrogen) atoms. The SMILES string of the molecule is COc1ccc(S(=O)(=O)N(CC(=O)N/N=C\c2ccc(Br)cc2)c2ccccc2)cc1OC. The molecule has 0 bridgehead atoms. The van der Waals surface area contributed by atoms with Crippen molar-refractivity contribution < 1.29 is 22.7 Å². The van der Waals surface area contributed by atoms with Crippen LogP contribution in [-0.2, 0) is 14.8 Å². The Kier molecular flexibility index (Phi) is 8.07. The Bertz CT molecular complexity index is 1230. The molecular formula is C23H22BrN3O5S. The zero-order valence-corrected chi connectivity index (χ0v) is 20.3. The summed E-state index contributed by atoms with van der Waals surface area (Å²) in [6, 6.07) is 19.9. The molecule has 0 aliphatic rings. The molecule has 0 aliphatic heterocycles. The van der Waals surface area contributed by atoms with Crippen molar-refractivity contribution in [1.82, 2.24) is 5.43 Å². The molecule has 1 N–H and O–H groups in total.